The first-order valence-electron chi connectivity index (χ1n) is 11.1. The first-order valence-corrected chi connectivity index (χ1v) is 11.1. The summed E-state index contributed by atoms with van der Waals surface area (Å²) in [5.41, 5.74) is -3.40. The number of nitrogens with zero attached hydrogens (tertiary/aromatic N) is 1. The molecule has 0 aromatic heterocycles. The second kappa shape index (κ2) is 9.91. The van der Waals surface area contributed by atoms with E-state index in [1.165, 1.54) is 36.1 Å². The van der Waals surface area contributed by atoms with Gasteiger partial charge in [-0.1, -0.05) is 12.1 Å². The van der Waals surface area contributed by atoms with Crippen molar-refractivity contribution < 1.29 is 45.0 Å². The Labute approximate surface area is 204 Å². The van der Waals surface area contributed by atoms with Gasteiger partial charge in [-0.3, -0.25) is 0 Å². The van der Waals surface area contributed by atoms with Gasteiger partial charge in [0.05, 0.1) is 29.9 Å². The van der Waals surface area contributed by atoms with Crippen molar-refractivity contribution in [3.05, 3.63) is 70.5 Å². The van der Waals surface area contributed by atoms with Crippen molar-refractivity contribution >= 4 is 6.09 Å². The van der Waals surface area contributed by atoms with Gasteiger partial charge in [-0.2, -0.15) is 26.3 Å². The molecular weight excluding hydrogens is 495 g/mol. The van der Waals surface area contributed by atoms with Gasteiger partial charge < -0.3 is 14.4 Å². The molecule has 0 N–H and O–H groups in total. The van der Waals surface area contributed by atoms with E-state index in [9.17, 15) is 35.5 Å². The number of hydrogen-bond donors (Lipinski definition) is 0. The summed E-state index contributed by atoms with van der Waals surface area (Å²) in [5, 5.41) is 0. The van der Waals surface area contributed by atoms with Crippen LogP contribution in [0.4, 0.5) is 35.5 Å². The first-order chi connectivity index (χ1) is 16.4. The SMILES string of the molecule is C[C@@H](O[C@H]1CN(C(=O)OC(C)(C)C)C[C@@H]1c1ccc(F)cc1)c1cc(C(F)(F)F)cc(C(F)(F)F)c1. The van der Waals surface area contributed by atoms with Crippen molar-refractivity contribution in [1.29, 1.82) is 0 Å². The molecule has 1 aliphatic rings. The highest BCUT2D eigenvalue weighted by atomic mass is 19.4. The number of amides is 1. The zero-order valence-corrected chi connectivity index (χ0v) is 20.0. The van der Waals surface area contributed by atoms with E-state index in [4.69, 9.17) is 9.47 Å². The van der Waals surface area contributed by atoms with Gasteiger partial charge in [-0.05, 0) is 69.2 Å². The van der Waals surface area contributed by atoms with Crippen LogP contribution in [0.15, 0.2) is 42.5 Å². The summed E-state index contributed by atoms with van der Waals surface area (Å²) >= 11 is 0. The largest absolute Gasteiger partial charge is 0.444 e. The molecule has 4 nitrogen and oxygen atoms in total. The topological polar surface area (TPSA) is 38.8 Å². The van der Waals surface area contributed by atoms with Gasteiger partial charge in [0.2, 0.25) is 0 Å². The van der Waals surface area contributed by atoms with E-state index in [-0.39, 0.29) is 24.7 Å². The Bertz CT molecular complexity index is 1040. The van der Waals surface area contributed by atoms with E-state index in [0.29, 0.717) is 17.7 Å². The monoisotopic (exact) mass is 521 g/mol. The molecule has 1 amide bonds. The quantitative estimate of drug-likeness (QED) is 0.395. The number of hydrogen-bond acceptors (Lipinski definition) is 3. The standard InChI is InChI=1S/C25H26F7NO3/c1-14(16-9-17(24(27,28)29)11-18(10-16)25(30,31)32)35-21-13-33(22(34)36-23(2,3)4)12-20(21)15-5-7-19(26)8-6-15/h5-11,14,20-21H,12-13H2,1-4H3/t14-,20-,21+/m1/s1. The average Bonchev–Trinajstić information content (AvgIpc) is 3.15. The predicted octanol–water partition coefficient (Wildman–Crippen LogP) is 7.34. The van der Waals surface area contributed by atoms with E-state index in [0.717, 1.165) is 0 Å². The normalized spacial score (nSPS) is 19.9. The molecule has 1 fully saturated rings. The zero-order chi connectivity index (χ0) is 27.1. The molecule has 11 heteroatoms. The summed E-state index contributed by atoms with van der Waals surface area (Å²) in [6.45, 7) is 6.47. The molecule has 0 saturated carbocycles. The Morgan fingerprint density at radius 3 is 1.92 bits per heavy atom. The molecule has 2 aromatic rings. The highest BCUT2D eigenvalue weighted by Gasteiger charge is 2.41. The minimum atomic E-state index is -4.99. The van der Waals surface area contributed by atoms with Crippen molar-refractivity contribution in [2.24, 2.45) is 0 Å². The maximum atomic E-state index is 13.5. The molecule has 1 heterocycles. The van der Waals surface area contributed by atoms with Crippen molar-refractivity contribution in [3.8, 4) is 0 Å². The zero-order valence-electron chi connectivity index (χ0n) is 20.0. The van der Waals surface area contributed by atoms with Gasteiger partial charge in [0, 0.05) is 12.5 Å². The lowest BCUT2D eigenvalue weighted by Crippen LogP contribution is -2.36. The summed E-state index contributed by atoms with van der Waals surface area (Å²) < 4.78 is 105. The Morgan fingerprint density at radius 2 is 1.44 bits per heavy atom. The molecule has 198 valence electrons. The van der Waals surface area contributed by atoms with Crippen molar-refractivity contribution in [2.75, 3.05) is 13.1 Å². The van der Waals surface area contributed by atoms with Crippen molar-refractivity contribution in [2.45, 2.75) is 63.8 Å². The van der Waals surface area contributed by atoms with Crippen LogP contribution in [0.5, 0.6) is 0 Å². The van der Waals surface area contributed by atoms with E-state index < -0.39 is 59.1 Å². The Hall–Kier alpha value is -2.82. The first kappa shape index (κ1) is 27.8. The molecule has 0 unspecified atom stereocenters. The van der Waals surface area contributed by atoms with Crippen LogP contribution in [0.25, 0.3) is 0 Å². The number of alkyl halides is 6. The molecule has 0 aliphatic carbocycles. The maximum Gasteiger partial charge on any atom is 0.416 e. The molecule has 0 bridgehead atoms. The lowest BCUT2D eigenvalue weighted by molar-refractivity contribution is -0.143. The van der Waals surface area contributed by atoms with Crippen molar-refractivity contribution in [1.82, 2.24) is 4.90 Å². The van der Waals surface area contributed by atoms with Crippen LogP contribution in [0.3, 0.4) is 0 Å². The fourth-order valence-electron chi connectivity index (χ4n) is 3.97. The Morgan fingerprint density at radius 1 is 0.917 bits per heavy atom. The summed E-state index contributed by atoms with van der Waals surface area (Å²) in [6.07, 6.45) is -12.6. The third kappa shape index (κ3) is 6.89. The fourth-order valence-corrected chi connectivity index (χ4v) is 3.97. The molecule has 0 radical (unpaired) electrons. The highest BCUT2D eigenvalue weighted by Crippen LogP contribution is 2.39. The maximum absolute atomic E-state index is 13.5. The van der Waals surface area contributed by atoms with Crippen LogP contribution in [0, 0.1) is 5.82 Å². The number of ether oxygens (including phenoxy) is 2. The Balaban J connectivity index is 1.92. The van der Waals surface area contributed by atoms with E-state index in [1.54, 1.807) is 20.8 Å². The second-order valence-corrected chi connectivity index (χ2v) is 9.70. The summed E-state index contributed by atoms with van der Waals surface area (Å²) in [7, 11) is 0. The summed E-state index contributed by atoms with van der Waals surface area (Å²) in [5.74, 6) is -1.01. The molecule has 36 heavy (non-hydrogen) atoms. The number of carbonyl (C=O) groups excluding carboxylic acids is 1. The summed E-state index contributed by atoms with van der Waals surface area (Å²) in [6, 6.07) is 6.71. The van der Waals surface area contributed by atoms with Gasteiger partial charge in [-0.25, -0.2) is 9.18 Å². The molecule has 1 aliphatic heterocycles. The molecule has 0 spiro atoms. The number of halogens is 7. The molecule has 3 rings (SSSR count). The smallest absolute Gasteiger partial charge is 0.416 e. The lowest BCUT2D eigenvalue weighted by Gasteiger charge is -2.25. The van der Waals surface area contributed by atoms with Crippen LogP contribution in [-0.4, -0.2) is 35.8 Å². The van der Waals surface area contributed by atoms with Gasteiger partial charge in [0.1, 0.15) is 11.4 Å². The van der Waals surface area contributed by atoms with E-state index in [2.05, 4.69) is 0 Å². The molecule has 2 aromatic carbocycles. The Kier molecular flexibility index (Phi) is 7.64. The van der Waals surface area contributed by atoms with Crippen LogP contribution < -0.4 is 0 Å². The van der Waals surface area contributed by atoms with Crippen LogP contribution in [0.1, 0.15) is 62.0 Å². The third-order valence-electron chi connectivity index (χ3n) is 5.67. The molecular formula is C25H26F7NO3. The highest BCUT2D eigenvalue weighted by molar-refractivity contribution is 5.69. The minimum Gasteiger partial charge on any atom is -0.444 e. The van der Waals surface area contributed by atoms with Crippen molar-refractivity contribution in [3.63, 3.8) is 0 Å². The molecule has 1 saturated heterocycles. The number of rotatable bonds is 4. The number of benzene rings is 2. The van der Waals surface area contributed by atoms with Crippen LogP contribution in [-0.2, 0) is 21.8 Å². The van der Waals surface area contributed by atoms with E-state index >= 15 is 0 Å². The lowest BCUT2D eigenvalue weighted by atomic mass is 9.95. The van der Waals surface area contributed by atoms with E-state index in [1.807, 2.05) is 0 Å². The minimum absolute atomic E-state index is 0.0214. The average molecular weight is 521 g/mol. The predicted molar refractivity (Wildman–Crippen MR) is 117 cm³/mol. The summed E-state index contributed by atoms with van der Waals surface area (Å²) in [4.78, 5) is 14.0. The molecule has 3 atom stereocenters. The number of carbonyl (C=O) groups is 1. The van der Waals surface area contributed by atoms with Crippen LogP contribution in [0.2, 0.25) is 0 Å². The fraction of sp³-hybridized carbons (Fsp3) is 0.480. The van der Waals surface area contributed by atoms with Gasteiger partial charge >= 0.3 is 18.4 Å². The van der Waals surface area contributed by atoms with Crippen LogP contribution >= 0.6 is 0 Å². The van der Waals surface area contributed by atoms with Gasteiger partial charge in [0.15, 0.2) is 0 Å². The number of likely N-dealkylation sites (tertiary alicyclic amines) is 1. The van der Waals surface area contributed by atoms with Gasteiger partial charge in [-0.15, -0.1) is 0 Å². The third-order valence-corrected chi connectivity index (χ3v) is 5.67. The second-order valence-electron chi connectivity index (χ2n) is 9.70. The van der Waals surface area contributed by atoms with Gasteiger partial charge in [0.25, 0.3) is 0 Å².